The Hall–Kier alpha value is -2.94. The molecule has 1 saturated heterocycles. The van der Waals surface area contributed by atoms with E-state index in [9.17, 15) is 95.6 Å². The fourth-order valence-electron chi connectivity index (χ4n) is 2.72. The molecular formula is C23H22F15LiO9. The van der Waals surface area contributed by atoms with E-state index in [0.29, 0.717) is 5.57 Å². The summed E-state index contributed by atoms with van der Waals surface area (Å²) in [6.07, 6.45) is -22.6. The molecule has 0 radical (unpaired) electrons. The molecule has 274 valence electrons. The first kappa shape index (κ1) is 49.4. The van der Waals surface area contributed by atoms with Gasteiger partial charge in [-0.3, -0.25) is 4.79 Å². The molecular weight excluding hydrogens is 712 g/mol. The van der Waals surface area contributed by atoms with Crippen molar-refractivity contribution in [2.75, 3.05) is 13.2 Å². The summed E-state index contributed by atoms with van der Waals surface area (Å²) in [6.45, 7) is 7.45. The van der Waals surface area contributed by atoms with Crippen LogP contribution in [0.25, 0.3) is 0 Å². The third-order valence-electron chi connectivity index (χ3n) is 5.18. The van der Waals surface area contributed by atoms with Gasteiger partial charge in [-0.25, -0.2) is 9.59 Å². The average molecular weight is 734 g/mol. The summed E-state index contributed by atoms with van der Waals surface area (Å²) in [7, 11) is 0. The number of aliphatic hydroxyl groups is 2. The van der Waals surface area contributed by atoms with Crippen molar-refractivity contribution in [2.24, 2.45) is 0 Å². The number of allylic oxidation sites excluding steroid dienone is 1. The molecule has 48 heavy (non-hydrogen) atoms. The van der Waals surface area contributed by atoms with Crippen LogP contribution in [0.1, 0.15) is 27.7 Å². The summed E-state index contributed by atoms with van der Waals surface area (Å²) < 4.78 is 201. The minimum atomic E-state index is -7.11. The Morgan fingerprint density at radius 1 is 0.771 bits per heavy atom. The van der Waals surface area contributed by atoms with Crippen LogP contribution in [0, 0.1) is 0 Å². The third kappa shape index (κ3) is 10.3. The van der Waals surface area contributed by atoms with Crippen LogP contribution in [0.2, 0.25) is 0 Å². The molecule has 0 spiro atoms. The largest absolute Gasteiger partial charge is 1.00 e. The first-order valence-corrected chi connectivity index (χ1v) is 11.4. The maximum Gasteiger partial charge on any atom is 1.00 e. The van der Waals surface area contributed by atoms with E-state index in [1.807, 2.05) is 0 Å². The molecule has 9 nitrogen and oxygen atoms in total. The molecule has 1 heterocycles. The van der Waals surface area contributed by atoms with Gasteiger partial charge in [0.2, 0.25) is 0 Å². The van der Waals surface area contributed by atoms with Gasteiger partial charge in [0.1, 0.15) is 13.2 Å². The van der Waals surface area contributed by atoms with Crippen molar-refractivity contribution in [1.82, 2.24) is 0 Å². The van der Waals surface area contributed by atoms with E-state index in [4.69, 9.17) is 0 Å². The zero-order valence-electron chi connectivity index (χ0n) is 24.8. The number of carbonyl (C=O) groups excluding carboxylic acids is 3. The number of carbonyl (C=O) groups is 3. The second kappa shape index (κ2) is 16.2. The number of alkyl halides is 13. The van der Waals surface area contributed by atoms with Gasteiger partial charge in [-0.15, -0.1) is 0 Å². The zero-order chi connectivity index (χ0) is 38.6. The number of halogens is 15. The van der Waals surface area contributed by atoms with Crippen molar-refractivity contribution in [3.63, 3.8) is 0 Å². The van der Waals surface area contributed by atoms with Gasteiger partial charge < -0.3 is 29.5 Å². The molecule has 0 aliphatic carbocycles. The number of ether oxygens (including phenoxy) is 3. The summed E-state index contributed by atoms with van der Waals surface area (Å²) in [5, 5.41) is 27.7. The van der Waals surface area contributed by atoms with E-state index < -0.39 is 83.3 Å². The van der Waals surface area contributed by atoms with E-state index in [1.165, 1.54) is 13.8 Å². The van der Waals surface area contributed by atoms with Crippen LogP contribution in [0.5, 0.6) is 0 Å². The quantitative estimate of drug-likeness (QED) is 0.136. The summed E-state index contributed by atoms with van der Waals surface area (Å²) in [5.74, 6) is -24.9. The molecule has 1 rings (SSSR count). The Balaban J connectivity index is -0.000000829. The van der Waals surface area contributed by atoms with E-state index in [-0.39, 0.29) is 38.2 Å². The zero-order valence-corrected chi connectivity index (χ0v) is 24.8. The van der Waals surface area contributed by atoms with E-state index in [1.54, 1.807) is 0 Å². The van der Waals surface area contributed by atoms with E-state index in [2.05, 4.69) is 27.4 Å². The molecule has 0 saturated carbocycles. The summed E-state index contributed by atoms with van der Waals surface area (Å²) >= 11 is 0. The van der Waals surface area contributed by atoms with Crippen LogP contribution in [-0.4, -0.2) is 88.5 Å². The fraction of sp³-hybridized carbons (Fsp3) is 0.609. The van der Waals surface area contributed by atoms with E-state index >= 15 is 0 Å². The van der Waals surface area contributed by atoms with Crippen LogP contribution in [0.15, 0.2) is 36.1 Å². The Kier molecular flexibility index (Phi) is 16.7. The number of hydrogen-bond donors (Lipinski definition) is 2. The molecule has 3 unspecified atom stereocenters. The van der Waals surface area contributed by atoms with Gasteiger partial charge in [-0.2, -0.15) is 65.9 Å². The molecule has 1 fully saturated rings. The standard InChI is InChI=1S/C13H12F10O5.C7H10O3.C3HF5O.Li/c1-5(2)6(24)27-4-7(3)9(14,15)8(25,12(18,19)20)10(16,17)11(26,28-7)13(21,22)23;1-5(2)7(9)10-4-6(3)8;4-2(5)1(9)3(6,7)8;/h25-26H,1,4H2,2-3H3;1,4H2,2-3H3;9H;/q;;;+1/p-1. The Bertz CT molecular complexity index is 1240. The maximum atomic E-state index is 14.4. The van der Waals surface area contributed by atoms with E-state index in [0.717, 1.165) is 6.92 Å². The van der Waals surface area contributed by atoms with Crippen LogP contribution in [0.3, 0.4) is 0 Å². The van der Waals surface area contributed by atoms with Gasteiger partial charge in [0.25, 0.3) is 11.7 Å². The van der Waals surface area contributed by atoms with Gasteiger partial charge >= 0.3 is 67.0 Å². The molecule has 0 aromatic rings. The normalized spacial score (nSPS) is 24.5. The predicted octanol–water partition coefficient (Wildman–Crippen LogP) is 1.43. The van der Waals surface area contributed by atoms with Gasteiger partial charge in [-0.05, 0) is 27.7 Å². The minimum absolute atomic E-state index is 0. The van der Waals surface area contributed by atoms with Crippen LogP contribution in [-0.2, 0) is 28.6 Å². The molecule has 25 heteroatoms. The Morgan fingerprint density at radius 2 is 1.15 bits per heavy atom. The molecule has 2 N–H and O–H groups in total. The molecule has 0 amide bonds. The van der Waals surface area contributed by atoms with Gasteiger partial charge in [0.05, 0.1) is 0 Å². The van der Waals surface area contributed by atoms with Gasteiger partial charge in [0.15, 0.2) is 11.4 Å². The summed E-state index contributed by atoms with van der Waals surface area (Å²) in [5.41, 5.74) is -11.4. The smallest absolute Gasteiger partial charge is 0.866 e. The second-order valence-electron chi connectivity index (χ2n) is 9.33. The summed E-state index contributed by atoms with van der Waals surface area (Å²) in [4.78, 5) is 32.1. The van der Waals surface area contributed by atoms with Crippen LogP contribution < -0.4 is 24.0 Å². The number of esters is 2. The molecule has 0 aromatic carbocycles. The monoisotopic (exact) mass is 734 g/mol. The van der Waals surface area contributed by atoms with Gasteiger partial charge in [-0.1, -0.05) is 13.2 Å². The minimum Gasteiger partial charge on any atom is -0.866 e. The van der Waals surface area contributed by atoms with Crippen molar-refractivity contribution in [1.29, 1.82) is 0 Å². The van der Waals surface area contributed by atoms with Crippen LogP contribution >= 0.6 is 0 Å². The van der Waals surface area contributed by atoms with Crippen LogP contribution in [0.4, 0.5) is 65.9 Å². The van der Waals surface area contributed by atoms with Crippen molar-refractivity contribution in [3.05, 3.63) is 36.1 Å². The fourth-order valence-corrected chi connectivity index (χ4v) is 2.72. The SMILES string of the molecule is C=C(C)C(=O)OCC(C)=O.C=C(C)C(=O)OCC1(C)OC(O)(C(F)(F)F)C(F)(F)C(O)(C(F)(F)F)C1(F)F.[Li+].[O-]C(=C(F)F)C(F)(F)F. The predicted molar refractivity (Wildman–Crippen MR) is 119 cm³/mol. The van der Waals surface area contributed by atoms with Crippen molar-refractivity contribution in [3.8, 4) is 0 Å². The first-order valence-electron chi connectivity index (χ1n) is 11.4. The number of ketones is 1. The average Bonchev–Trinajstić information content (AvgIpc) is 2.86. The Labute approximate surface area is 271 Å². The topological polar surface area (TPSA) is 142 Å². The number of rotatable bonds is 6. The molecule has 0 aromatic heterocycles. The first-order chi connectivity index (χ1) is 20.4. The molecule has 1 aliphatic heterocycles. The number of hydrogen-bond acceptors (Lipinski definition) is 9. The number of Topliss-reactive ketones (excluding diaryl/α,β-unsaturated/α-hetero) is 1. The van der Waals surface area contributed by atoms with Gasteiger partial charge in [0, 0.05) is 16.9 Å². The molecule has 1 aliphatic rings. The van der Waals surface area contributed by atoms with Crippen molar-refractivity contribution < 1.29 is 129 Å². The van der Waals surface area contributed by atoms with Crippen molar-refractivity contribution >= 4 is 17.7 Å². The van der Waals surface area contributed by atoms with Crippen molar-refractivity contribution in [2.45, 2.75) is 75.1 Å². The molecule has 3 atom stereocenters. The maximum absolute atomic E-state index is 14.4. The Morgan fingerprint density at radius 3 is 1.40 bits per heavy atom. The third-order valence-corrected chi connectivity index (χ3v) is 5.18. The molecule has 0 bridgehead atoms. The summed E-state index contributed by atoms with van der Waals surface area (Å²) in [6, 6.07) is 0. The second-order valence-corrected chi connectivity index (χ2v) is 9.33.